The molecule has 1 atom stereocenters. The molecule has 0 amide bonds. The predicted octanol–water partition coefficient (Wildman–Crippen LogP) is 2.08. The van der Waals surface area contributed by atoms with Crippen LogP contribution in [0.5, 0.6) is 0 Å². The molecule has 0 saturated carbocycles. The molecule has 0 radical (unpaired) electrons. The first kappa shape index (κ1) is 12.3. The van der Waals surface area contributed by atoms with Crippen LogP contribution >= 0.6 is 11.3 Å². The lowest BCUT2D eigenvalue weighted by Crippen LogP contribution is -2.25. The summed E-state index contributed by atoms with van der Waals surface area (Å²) >= 11 is 1.70. The average Bonchev–Trinajstić information content (AvgIpc) is 2.87. The number of nitrogens with zero attached hydrogens (tertiary/aromatic N) is 3. The fourth-order valence-electron chi connectivity index (χ4n) is 1.96. The van der Waals surface area contributed by atoms with Crippen molar-refractivity contribution in [1.29, 1.82) is 0 Å². The van der Waals surface area contributed by atoms with Crippen molar-refractivity contribution in [3.05, 3.63) is 34.0 Å². The van der Waals surface area contributed by atoms with Crippen molar-refractivity contribution < 1.29 is 0 Å². The van der Waals surface area contributed by atoms with E-state index >= 15 is 0 Å². The number of hydrogen-bond acceptors (Lipinski definition) is 4. The summed E-state index contributed by atoms with van der Waals surface area (Å²) in [6.45, 7) is 5.11. The molecule has 5 heteroatoms. The number of thiazole rings is 1. The zero-order valence-corrected chi connectivity index (χ0v) is 11.3. The average molecular weight is 250 g/mol. The minimum absolute atomic E-state index is 0.286. The van der Waals surface area contributed by atoms with Gasteiger partial charge in [0.2, 0.25) is 0 Å². The highest BCUT2D eigenvalue weighted by atomic mass is 32.1. The summed E-state index contributed by atoms with van der Waals surface area (Å²) in [7, 11) is 1.98. The van der Waals surface area contributed by atoms with Crippen LogP contribution in [-0.4, -0.2) is 21.3 Å². The lowest BCUT2D eigenvalue weighted by molar-refractivity contribution is 0.504. The van der Waals surface area contributed by atoms with E-state index in [4.69, 9.17) is 0 Å². The van der Waals surface area contributed by atoms with Gasteiger partial charge in [-0.25, -0.2) is 4.98 Å². The second-order valence-electron chi connectivity index (χ2n) is 4.05. The first-order valence-corrected chi connectivity index (χ1v) is 6.71. The van der Waals surface area contributed by atoms with Crippen LogP contribution in [0.4, 0.5) is 0 Å². The van der Waals surface area contributed by atoms with Crippen molar-refractivity contribution in [3.63, 3.8) is 0 Å². The molecule has 17 heavy (non-hydrogen) atoms. The third-order valence-electron chi connectivity index (χ3n) is 2.75. The van der Waals surface area contributed by atoms with Gasteiger partial charge in [0.05, 0.1) is 22.4 Å². The van der Waals surface area contributed by atoms with Gasteiger partial charge in [-0.05, 0) is 19.5 Å². The standard InChI is InChI=1S/C12H18N4S/c1-4-13-11(12-5-6-14-16(12)3)7-10-8-17-9(2)15-10/h5-6,8,11,13H,4,7H2,1-3H3. The van der Waals surface area contributed by atoms with Gasteiger partial charge in [-0.3, -0.25) is 4.68 Å². The van der Waals surface area contributed by atoms with Crippen molar-refractivity contribution in [1.82, 2.24) is 20.1 Å². The maximum absolute atomic E-state index is 4.52. The third-order valence-corrected chi connectivity index (χ3v) is 3.57. The summed E-state index contributed by atoms with van der Waals surface area (Å²) in [4.78, 5) is 4.52. The number of hydrogen-bond donors (Lipinski definition) is 1. The van der Waals surface area contributed by atoms with Crippen molar-refractivity contribution in [2.24, 2.45) is 7.05 Å². The summed E-state index contributed by atoms with van der Waals surface area (Å²) in [5.41, 5.74) is 2.36. The lowest BCUT2D eigenvalue weighted by Gasteiger charge is -2.17. The zero-order valence-electron chi connectivity index (χ0n) is 10.5. The summed E-state index contributed by atoms with van der Waals surface area (Å²) in [6.07, 6.45) is 2.75. The molecule has 0 fully saturated rings. The van der Waals surface area contributed by atoms with Crippen LogP contribution in [0.1, 0.15) is 29.4 Å². The van der Waals surface area contributed by atoms with Gasteiger partial charge in [0.25, 0.3) is 0 Å². The molecule has 0 saturated heterocycles. The molecule has 0 aromatic carbocycles. The Morgan fingerprint density at radius 1 is 1.53 bits per heavy atom. The number of likely N-dealkylation sites (N-methyl/N-ethyl adjacent to an activating group) is 1. The maximum atomic E-state index is 4.52. The van der Waals surface area contributed by atoms with Crippen LogP contribution in [0, 0.1) is 6.92 Å². The highest BCUT2D eigenvalue weighted by Crippen LogP contribution is 2.19. The molecule has 0 aliphatic carbocycles. The third kappa shape index (κ3) is 2.92. The fraction of sp³-hybridized carbons (Fsp3) is 0.500. The molecule has 1 unspecified atom stereocenters. The van der Waals surface area contributed by atoms with E-state index < -0.39 is 0 Å². The summed E-state index contributed by atoms with van der Waals surface area (Å²) in [5.74, 6) is 0. The minimum Gasteiger partial charge on any atom is -0.309 e. The molecule has 92 valence electrons. The summed E-state index contributed by atoms with van der Waals surface area (Å²) in [6, 6.07) is 2.35. The Kier molecular flexibility index (Phi) is 3.91. The predicted molar refractivity (Wildman–Crippen MR) is 70.2 cm³/mol. The number of nitrogens with one attached hydrogen (secondary N) is 1. The monoisotopic (exact) mass is 250 g/mol. The second-order valence-corrected chi connectivity index (χ2v) is 5.11. The quantitative estimate of drug-likeness (QED) is 0.883. The molecule has 0 spiro atoms. The smallest absolute Gasteiger partial charge is 0.0897 e. The van der Waals surface area contributed by atoms with Gasteiger partial charge in [0, 0.05) is 25.0 Å². The molecule has 2 heterocycles. The van der Waals surface area contributed by atoms with E-state index in [0.29, 0.717) is 0 Å². The van der Waals surface area contributed by atoms with Crippen LogP contribution in [0.3, 0.4) is 0 Å². The first-order valence-electron chi connectivity index (χ1n) is 5.83. The Morgan fingerprint density at radius 3 is 2.88 bits per heavy atom. The van der Waals surface area contributed by atoms with E-state index in [1.807, 2.05) is 24.9 Å². The Bertz CT molecular complexity index is 474. The maximum Gasteiger partial charge on any atom is 0.0897 e. The highest BCUT2D eigenvalue weighted by molar-refractivity contribution is 7.09. The van der Waals surface area contributed by atoms with E-state index in [-0.39, 0.29) is 6.04 Å². The molecule has 2 aromatic heterocycles. The van der Waals surface area contributed by atoms with Gasteiger partial charge in [-0.15, -0.1) is 11.3 Å². The number of aromatic nitrogens is 3. The molecule has 1 N–H and O–H groups in total. The Balaban J connectivity index is 2.15. The molecule has 4 nitrogen and oxygen atoms in total. The van der Waals surface area contributed by atoms with E-state index in [1.165, 1.54) is 5.69 Å². The summed E-state index contributed by atoms with van der Waals surface area (Å²) < 4.78 is 1.92. The summed E-state index contributed by atoms with van der Waals surface area (Å²) in [5, 5.41) is 11.0. The van der Waals surface area contributed by atoms with Crippen LogP contribution in [-0.2, 0) is 13.5 Å². The van der Waals surface area contributed by atoms with Gasteiger partial charge in [0.15, 0.2) is 0 Å². The molecule has 2 aromatic rings. The molecule has 0 aliphatic rings. The van der Waals surface area contributed by atoms with Gasteiger partial charge in [-0.2, -0.15) is 5.10 Å². The molecular weight excluding hydrogens is 232 g/mol. The number of aryl methyl sites for hydroxylation is 2. The highest BCUT2D eigenvalue weighted by Gasteiger charge is 2.15. The normalized spacial score (nSPS) is 12.9. The topological polar surface area (TPSA) is 42.7 Å². The molecule has 2 rings (SSSR count). The van der Waals surface area contributed by atoms with Gasteiger partial charge >= 0.3 is 0 Å². The van der Waals surface area contributed by atoms with E-state index in [1.54, 1.807) is 11.3 Å². The van der Waals surface area contributed by atoms with E-state index in [9.17, 15) is 0 Å². The Labute approximate surface area is 106 Å². The second kappa shape index (κ2) is 5.42. The van der Waals surface area contributed by atoms with E-state index in [0.717, 1.165) is 23.7 Å². The zero-order chi connectivity index (χ0) is 12.3. The Hall–Kier alpha value is -1.20. The van der Waals surface area contributed by atoms with Crippen molar-refractivity contribution in [3.8, 4) is 0 Å². The lowest BCUT2D eigenvalue weighted by atomic mass is 10.1. The van der Waals surface area contributed by atoms with Gasteiger partial charge < -0.3 is 5.32 Å². The number of rotatable bonds is 5. The SMILES string of the molecule is CCNC(Cc1csc(C)n1)c1ccnn1C. The van der Waals surface area contributed by atoms with Crippen molar-refractivity contribution in [2.75, 3.05) is 6.54 Å². The minimum atomic E-state index is 0.286. The van der Waals surface area contributed by atoms with Crippen LogP contribution in [0.25, 0.3) is 0 Å². The van der Waals surface area contributed by atoms with Crippen LogP contribution < -0.4 is 5.32 Å². The molecular formula is C12H18N4S. The largest absolute Gasteiger partial charge is 0.309 e. The fourth-order valence-corrected chi connectivity index (χ4v) is 2.59. The molecule has 0 aliphatic heterocycles. The molecule has 0 bridgehead atoms. The van der Waals surface area contributed by atoms with Crippen LogP contribution in [0.15, 0.2) is 17.6 Å². The Morgan fingerprint density at radius 2 is 2.35 bits per heavy atom. The van der Waals surface area contributed by atoms with Crippen molar-refractivity contribution in [2.45, 2.75) is 26.3 Å². The van der Waals surface area contributed by atoms with Gasteiger partial charge in [0.1, 0.15) is 0 Å². The van der Waals surface area contributed by atoms with Gasteiger partial charge in [-0.1, -0.05) is 6.92 Å². The van der Waals surface area contributed by atoms with Crippen molar-refractivity contribution >= 4 is 11.3 Å². The van der Waals surface area contributed by atoms with Crippen LogP contribution in [0.2, 0.25) is 0 Å². The first-order chi connectivity index (χ1) is 8.20. The van der Waals surface area contributed by atoms with E-state index in [2.05, 4.69) is 33.8 Å².